The third-order valence-corrected chi connectivity index (χ3v) is 4.65. The third-order valence-electron chi connectivity index (χ3n) is 4.65. The van der Waals surface area contributed by atoms with E-state index in [0.717, 1.165) is 25.6 Å². The molecule has 1 aromatic rings. The van der Waals surface area contributed by atoms with Crippen LogP contribution < -0.4 is 5.32 Å². The number of nitrogens with zero attached hydrogens (tertiary/aromatic N) is 3. The lowest BCUT2D eigenvalue weighted by molar-refractivity contribution is 0.0533. The summed E-state index contributed by atoms with van der Waals surface area (Å²) in [6, 6.07) is 0.703. The van der Waals surface area contributed by atoms with Crippen LogP contribution in [0, 0.1) is 5.92 Å². The summed E-state index contributed by atoms with van der Waals surface area (Å²) >= 11 is 0. The van der Waals surface area contributed by atoms with Crippen LogP contribution in [0.5, 0.6) is 0 Å². The summed E-state index contributed by atoms with van der Waals surface area (Å²) in [4.78, 5) is 2.63. The quantitative estimate of drug-likeness (QED) is 0.899. The van der Waals surface area contributed by atoms with Crippen LogP contribution >= 0.6 is 0 Å². The lowest BCUT2D eigenvalue weighted by atomic mass is 9.95. The largest absolute Gasteiger partial charge is 0.311 e. The van der Waals surface area contributed by atoms with Gasteiger partial charge in [-0.05, 0) is 39.5 Å². The van der Waals surface area contributed by atoms with Crippen LogP contribution in [0.15, 0.2) is 12.4 Å². The molecule has 4 heteroatoms. The van der Waals surface area contributed by atoms with Crippen LogP contribution in [-0.4, -0.2) is 39.4 Å². The van der Waals surface area contributed by atoms with Gasteiger partial charge in [0.15, 0.2) is 0 Å². The van der Waals surface area contributed by atoms with Crippen molar-refractivity contribution in [3.05, 3.63) is 18.0 Å². The van der Waals surface area contributed by atoms with Gasteiger partial charge in [0.1, 0.15) is 0 Å². The van der Waals surface area contributed by atoms with Crippen molar-refractivity contribution >= 4 is 0 Å². The molecule has 0 spiro atoms. The van der Waals surface area contributed by atoms with Crippen molar-refractivity contribution in [3.63, 3.8) is 0 Å². The highest BCUT2D eigenvalue weighted by Gasteiger charge is 2.40. The van der Waals surface area contributed by atoms with Gasteiger partial charge in [0.25, 0.3) is 0 Å². The summed E-state index contributed by atoms with van der Waals surface area (Å²) in [5, 5.41) is 8.13. The molecule has 2 heterocycles. The molecule has 0 amide bonds. The first kappa shape index (κ1) is 13.1. The molecule has 3 rings (SSSR count). The molecule has 1 saturated carbocycles. The van der Waals surface area contributed by atoms with E-state index >= 15 is 0 Å². The molecular weight excluding hydrogens is 236 g/mol. The fraction of sp³-hybridized carbons (Fsp3) is 0.800. The molecule has 2 aliphatic rings. The van der Waals surface area contributed by atoms with Crippen LogP contribution in [0.1, 0.15) is 39.2 Å². The molecular formula is C15H26N4. The summed E-state index contributed by atoms with van der Waals surface area (Å²) in [5.74, 6) is 0.928. The van der Waals surface area contributed by atoms with E-state index in [9.17, 15) is 0 Å². The monoisotopic (exact) mass is 262 g/mol. The first-order valence-corrected chi connectivity index (χ1v) is 7.58. The van der Waals surface area contributed by atoms with Gasteiger partial charge in [-0.15, -0.1) is 0 Å². The second kappa shape index (κ2) is 4.91. The molecule has 2 fully saturated rings. The maximum Gasteiger partial charge on any atom is 0.0534 e. The summed E-state index contributed by atoms with van der Waals surface area (Å²) < 4.78 is 2.02. The Morgan fingerprint density at radius 3 is 2.84 bits per heavy atom. The minimum atomic E-state index is 0.236. The van der Waals surface area contributed by atoms with Gasteiger partial charge in [0.05, 0.1) is 6.20 Å². The first-order valence-electron chi connectivity index (χ1n) is 7.58. The number of aromatic nitrogens is 2. The van der Waals surface area contributed by atoms with Crippen molar-refractivity contribution in [1.82, 2.24) is 20.0 Å². The van der Waals surface area contributed by atoms with Gasteiger partial charge in [0, 0.05) is 49.5 Å². The number of hydrogen-bond donors (Lipinski definition) is 1. The van der Waals surface area contributed by atoms with E-state index in [4.69, 9.17) is 0 Å². The summed E-state index contributed by atoms with van der Waals surface area (Å²) in [7, 11) is 0. The Morgan fingerprint density at radius 2 is 2.21 bits per heavy atom. The van der Waals surface area contributed by atoms with Gasteiger partial charge < -0.3 is 5.32 Å². The molecule has 1 saturated heterocycles. The van der Waals surface area contributed by atoms with E-state index in [0.29, 0.717) is 6.04 Å². The first-order chi connectivity index (χ1) is 9.08. The summed E-state index contributed by atoms with van der Waals surface area (Å²) in [6.07, 6.45) is 7.04. The van der Waals surface area contributed by atoms with Crippen LogP contribution in [0.25, 0.3) is 0 Å². The van der Waals surface area contributed by atoms with Crippen molar-refractivity contribution in [3.8, 4) is 0 Å². The normalized spacial score (nSPS) is 27.6. The van der Waals surface area contributed by atoms with Gasteiger partial charge in [-0.25, -0.2) is 0 Å². The molecule has 1 unspecified atom stereocenters. The summed E-state index contributed by atoms with van der Waals surface area (Å²) in [6.45, 7) is 11.1. The lowest BCUT2D eigenvalue weighted by Crippen LogP contribution is -2.62. The van der Waals surface area contributed by atoms with E-state index in [1.54, 1.807) is 0 Å². The van der Waals surface area contributed by atoms with Crippen molar-refractivity contribution in [2.75, 3.05) is 13.1 Å². The van der Waals surface area contributed by atoms with Gasteiger partial charge in [-0.3, -0.25) is 9.58 Å². The molecule has 1 aliphatic carbocycles. The average molecular weight is 262 g/mol. The van der Waals surface area contributed by atoms with E-state index in [-0.39, 0.29) is 5.54 Å². The van der Waals surface area contributed by atoms with E-state index in [1.807, 2.05) is 10.9 Å². The van der Waals surface area contributed by atoms with E-state index < -0.39 is 0 Å². The Kier molecular flexibility index (Phi) is 3.39. The van der Waals surface area contributed by atoms with Crippen molar-refractivity contribution in [1.29, 1.82) is 0 Å². The van der Waals surface area contributed by atoms with Crippen LogP contribution in [0.4, 0.5) is 0 Å². The molecule has 0 bridgehead atoms. The van der Waals surface area contributed by atoms with Crippen molar-refractivity contribution < 1.29 is 0 Å². The molecule has 1 N–H and O–H groups in total. The van der Waals surface area contributed by atoms with Gasteiger partial charge in [-0.1, -0.05) is 0 Å². The number of hydrogen-bond acceptors (Lipinski definition) is 3. The highest BCUT2D eigenvalue weighted by Crippen LogP contribution is 2.36. The SMILES string of the molecule is CCn1cc(CN2CC(C3CC3)NCC2(C)C)cn1. The molecule has 106 valence electrons. The standard InChI is InChI=1S/C15H26N4/c1-4-19-9-12(7-17-19)8-18-10-14(13-5-6-13)16-11-15(18,2)3/h7,9,13-14,16H,4-6,8,10-11H2,1-3H3. The molecule has 19 heavy (non-hydrogen) atoms. The van der Waals surface area contributed by atoms with Gasteiger partial charge in [0.2, 0.25) is 0 Å². The second-order valence-electron chi connectivity index (χ2n) is 6.72. The topological polar surface area (TPSA) is 33.1 Å². The van der Waals surface area contributed by atoms with Gasteiger partial charge in [-0.2, -0.15) is 5.10 Å². The molecule has 4 nitrogen and oxygen atoms in total. The fourth-order valence-corrected chi connectivity index (χ4v) is 3.02. The molecule has 0 aromatic carbocycles. The van der Waals surface area contributed by atoms with E-state index in [1.165, 1.54) is 24.9 Å². The zero-order valence-corrected chi connectivity index (χ0v) is 12.4. The Bertz CT molecular complexity index is 433. The Balaban J connectivity index is 1.68. The maximum atomic E-state index is 4.39. The number of aryl methyl sites for hydroxylation is 1. The Labute approximate surface area is 116 Å². The van der Waals surface area contributed by atoms with Gasteiger partial charge >= 0.3 is 0 Å². The predicted octanol–water partition coefficient (Wildman–Crippen LogP) is 1.87. The minimum Gasteiger partial charge on any atom is -0.311 e. The third kappa shape index (κ3) is 2.84. The second-order valence-corrected chi connectivity index (χ2v) is 6.72. The zero-order chi connectivity index (χ0) is 13.5. The lowest BCUT2D eigenvalue weighted by Gasteiger charge is -2.46. The molecule has 1 aromatic heterocycles. The maximum absolute atomic E-state index is 4.39. The van der Waals surface area contributed by atoms with Crippen LogP contribution in [0.2, 0.25) is 0 Å². The Morgan fingerprint density at radius 1 is 1.42 bits per heavy atom. The van der Waals surface area contributed by atoms with Crippen LogP contribution in [0.3, 0.4) is 0 Å². The highest BCUT2D eigenvalue weighted by atomic mass is 15.3. The smallest absolute Gasteiger partial charge is 0.0534 e. The average Bonchev–Trinajstić information content (AvgIpc) is 3.12. The molecule has 1 atom stereocenters. The highest BCUT2D eigenvalue weighted by molar-refractivity contribution is 5.07. The minimum absolute atomic E-state index is 0.236. The number of nitrogens with one attached hydrogen (secondary N) is 1. The predicted molar refractivity (Wildman–Crippen MR) is 76.9 cm³/mol. The van der Waals surface area contributed by atoms with Crippen molar-refractivity contribution in [2.45, 2.75) is 58.3 Å². The number of piperazine rings is 1. The molecule has 1 aliphatic heterocycles. The Hall–Kier alpha value is -0.870. The van der Waals surface area contributed by atoms with E-state index in [2.05, 4.69) is 42.3 Å². The van der Waals surface area contributed by atoms with Crippen LogP contribution in [-0.2, 0) is 13.1 Å². The zero-order valence-electron chi connectivity index (χ0n) is 12.4. The fourth-order valence-electron chi connectivity index (χ4n) is 3.02. The summed E-state index contributed by atoms with van der Waals surface area (Å²) in [5.41, 5.74) is 1.58. The molecule has 0 radical (unpaired) electrons. The van der Waals surface area contributed by atoms with Crippen molar-refractivity contribution in [2.24, 2.45) is 5.92 Å². The number of rotatable bonds is 4.